The van der Waals surface area contributed by atoms with Crippen LogP contribution >= 0.6 is 0 Å². The normalized spacial score (nSPS) is 12.1. The lowest BCUT2D eigenvalue weighted by Crippen LogP contribution is -2.28. The van der Waals surface area contributed by atoms with Gasteiger partial charge in [0.15, 0.2) is 0 Å². The van der Waals surface area contributed by atoms with E-state index < -0.39 is 6.10 Å². The zero-order valence-electron chi connectivity index (χ0n) is 13.0. The Labute approximate surface area is 138 Å². The average molecular weight is 328 g/mol. The number of aromatic nitrogens is 1. The van der Waals surface area contributed by atoms with E-state index in [9.17, 15) is 14.3 Å². The van der Waals surface area contributed by atoms with Gasteiger partial charge in [-0.1, -0.05) is 12.1 Å². The van der Waals surface area contributed by atoms with Crippen LogP contribution in [0.3, 0.4) is 0 Å². The van der Waals surface area contributed by atoms with Crippen molar-refractivity contribution in [3.05, 3.63) is 65.6 Å². The molecule has 0 spiro atoms. The Bertz CT molecular complexity index is 876. The van der Waals surface area contributed by atoms with Crippen molar-refractivity contribution in [3.8, 4) is 5.75 Å². The highest BCUT2D eigenvalue weighted by Gasteiger charge is 2.13. The molecule has 2 aromatic carbocycles. The number of aromatic amines is 1. The topological polar surface area (TPSA) is 74.3 Å². The van der Waals surface area contributed by atoms with E-state index in [-0.39, 0.29) is 18.3 Å². The van der Waals surface area contributed by atoms with Crippen LogP contribution in [0.15, 0.2) is 48.5 Å². The lowest BCUT2D eigenvalue weighted by molar-refractivity contribution is 0.0912. The predicted octanol–water partition coefficient (Wildman–Crippen LogP) is 2.78. The summed E-state index contributed by atoms with van der Waals surface area (Å²) in [5.41, 5.74) is 1.64. The number of nitrogens with one attached hydrogen (secondary N) is 2. The monoisotopic (exact) mass is 328 g/mol. The van der Waals surface area contributed by atoms with Crippen LogP contribution in [0.2, 0.25) is 0 Å². The number of carbonyl (C=O) groups is 1. The molecule has 0 fully saturated rings. The highest BCUT2D eigenvalue weighted by atomic mass is 19.1. The average Bonchev–Trinajstić information content (AvgIpc) is 3.02. The molecule has 0 saturated heterocycles. The molecule has 0 saturated carbocycles. The van der Waals surface area contributed by atoms with Crippen LogP contribution in [0.4, 0.5) is 4.39 Å². The van der Waals surface area contributed by atoms with Crippen molar-refractivity contribution in [2.24, 2.45) is 0 Å². The van der Waals surface area contributed by atoms with Crippen LogP contribution in [0.25, 0.3) is 10.9 Å². The first-order chi connectivity index (χ1) is 11.6. The molecule has 0 aliphatic rings. The number of amides is 1. The van der Waals surface area contributed by atoms with Gasteiger partial charge in [-0.2, -0.15) is 0 Å². The second-order valence-corrected chi connectivity index (χ2v) is 5.42. The Balaban J connectivity index is 1.67. The molecule has 6 heteroatoms. The molecule has 0 aliphatic carbocycles. The molecule has 5 nitrogen and oxygen atoms in total. The van der Waals surface area contributed by atoms with Crippen LogP contribution in [0, 0.1) is 5.82 Å². The van der Waals surface area contributed by atoms with Gasteiger partial charge >= 0.3 is 0 Å². The molecule has 3 aromatic rings. The minimum absolute atomic E-state index is 0.0513. The molecule has 24 heavy (non-hydrogen) atoms. The molecule has 1 atom stereocenters. The summed E-state index contributed by atoms with van der Waals surface area (Å²) >= 11 is 0. The fourth-order valence-corrected chi connectivity index (χ4v) is 2.48. The highest BCUT2D eigenvalue weighted by Crippen LogP contribution is 2.19. The van der Waals surface area contributed by atoms with E-state index in [1.807, 2.05) is 0 Å². The highest BCUT2D eigenvalue weighted by molar-refractivity contribution is 5.98. The Morgan fingerprint density at radius 3 is 2.92 bits per heavy atom. The van der Waals surface area contributed by atoms with Gasteiger partial charge in [-0.25, -0.2) is 4.39 Å². The number of hydrogen-bond acceptors (Lipinski definition) is 3. The summed E-state index contributed by atoms with van der Waals surface area (Å²) in [4.78, 5) is 15.1. The third-order valence-corrected chi connectivity index (χ3v) is 3.76. The van der Waals surface area contributed by atoms with Crippen LogP contribution < -0.4 is 10.1 Å². The van der Waals surface area contributed by atoms with Crippen molar-refractivity contribution in [1.82, 2.24) is 10.3 Å². The molecule has 1 heterocycles. The van der Waals surface area contributed by atoms with E-state index in [1.54, 1.807) is 43.5 Å². The van der Waals surface area contributed by atoms with Crippen LogP contribution in [-0.2, 0) is 0 Å². The van der Waals surface area contributed by atoms with Crippen molar-refractivity contribution < 1.29 is 19.0 Å². The minimum atomic E-state index is -0.856. The van der Waals surface area contributed by atoms with Gasteiger partial charge in [-0.3, -0.25) is 4.79 Å². The minimum Gasteiger partial charge on any atom is -0.497 e. The molecule has 0 aliphatic heterocycles. The second-order valence-electron chi connectivity index (χ2n) is 5.42. The summed E-state index contributed by atoms with van der Waals surface area (Å²) < 4.78 is 18.3. The number of halogens is 1. The first-order valence-electron chi connectivity index (χ1n) is 7.45. The number of methoxy groups -OCH3 is 1. The maximum Gasteiger partial charge on any atom is 0.267 e. The second kappa shape index (κ2) is 6.72. The first kappa shape index (κ1) is 16.0. The number of ether oxygens (including phenoxy) is 1. The Kier molecular flexibility index (Phi) is 4.48. The number of H-pyrrole nitrogens is 1. The van der Waals surface area contributed by atoms with Gasteiger partial charge in [0.2, 0.25) is 0 Å². The van der Waals surface area contributed by atoms with Crippen molar-refractivity contribution in [3.63, 3.8) is 0 Å². The third-order valence-electron chi connectivity index (χ3n) is 3.76. The number of aliphatic hydroxyl groups excluding tert-OH is 1. The number of rotatable bonds is 5. The number of carbonyl (C=O) groups excluding carboxylic acids is 1. The van der Waals surface area contributed by atoms with Crippen molar-refractivity contribution >= 4 is 16.8 Å². The van der Waals surface area contributed by atoms with E-state index in [4.69, 9.17) is 4.74 Å². The van der Waals surface area contributed by atoms with Gasteiger partial charge in [0, 0.05) is 17.4 Å². The van der Waals surface area contributed by atoms with Crippen molar-refractivity contribution in [2.75, 3.05) is 13.7 Å². The number of benzene rings is 2. The zero-order valence-corrected chi connectivity index (χ0v) is 13.0. The number of aliphatic hydroxyl groups is 1. The van der Waals surface area contributed by atoms with Crippen LogP contribution in [0.1, 0.15) is 22.2 Å². The first-order valence-corrected chi connectivity index (χ1v) is 7.45. The molecular weight excluding hydrogens is 311 g/mol. The molecule has 1 amide bonds. The maximum atomic E-state index is 13.2. The molecule has 0 bridgehead atoms. The van der Waals surface area contributed by atoms with E-state index in [1.165, 1.54) is 12.1 Å². The predicted molar refractivity (Wildman–Crippen MR) is 88.5 cm³/mol. The Morgan fingerprint density at radius 2 is 2.12 bits per heavy atom. The van der Waals surface area contributed by atoms with Crippen LogP contribution in [0.5, 0.6) is 5.75 Å². The standard InChI is InChI=1S/C18H17FN2O3/c1-24-14-4-2-3-11(8-14)17(22)10-20-18(23)16-9-12-7-13(19)5-6-15(12)21-16/h2-9,17,21-22H,10H2,1H3,(H,20,23). The number of fused-ring (bicyclic) bond motifs is 1. The molecule has 1 aromatic heterocycles. The number of hydrogen-bond donors (Lipinski definition) is 3. The maximum absolute atomic E-state index is 13.2. The fraction of sp³-hybridized carbons (Fsp3) is 0.167. The summed E-state index contributed by atoms with van der Waals surface area (Å²) in [7, 11) is 1.55. The third kappa shape index (κ3) is 3.38. The quantitative estimate of drug-likeness (QED) is 0.674. The molecule has 3 N–H and O–H groups in total. The van der Waals surface area contributed by atoms with E-state index in [2.05, 4.69) is 10.3 Å². The lowest BCUT2D eigenvalue weighted by atomic mass is 10.1. The Hall–Kier alpha value is -2.86. The van der Waals surface area contributed by atoms with E-state index in [0.29, 0.717) is 27.9 Å². The van der Waals surface area contributed by atoms with Gasteiger partial charge in [-0.15, -0.1) is 0 Å². The van der Waals surface area contributed by atoms with Crippen molar-refractivity contribution in [1.29, 1.82) is 0 Å². The lowest BCUT2D eigenvalue weighted by Gasteiger charge is -2.12. The summed E-state index contributed by atoms with van der Waals surface area (Å²) in [5.74, 6) is -0.0917. The summed E-state index contributed by atoms with van der Waals surface area (Å²) in [5, 5.41) is 13.5. The smallest absolute Gasteiger partial charge is 0.267 e. The van der Waals surface area contributed by atoms with E-state index in [0.717, 1.165) is 0 Å². The van der Waals surface area contributed by atoms with Gasteiger partial charge in [0.1, 0.15) is 17.3 Å². The van der Waals surface area contributed by atoms with Gasteiger partial charge in [0.05, 0.1) is 13.2 Å². The Morgan fingerprint density at radius 1 is 1.29 bits per heavy atom. The van der Waals surface area contributed by atoms with Gasteiger partial charge in [0.25, 0.3) is 5.91 Å². The summed E-state index contributed by atoms with van der Waals surface area (Å²) in [6.07, 6.45) is -0.856. The fourth-order valence-electron chi connectivity index (χ4n) is 2.48. The summed E-state index contributed by atoms with van der Waals surface area (Å²) in [6, 6.07) is 12.8. The van der Waals surface area contributed by atoms with Gasteiger partial charge in [-0.05, 0) is 42.0 Å². The zero-order chi connectivity index (χ0) is 17.1. The van der Waals surface area contributed by atoms with Gasteiger partial charge < -0.3 is 20.1 Å². The largest absolute Gasteiger partial charge is 0.497 e. The SMILES string of the molecule is COc1cccc(C(O)CNC(=O)c2cc3cc(F)ccc3[nH]2)c1. The molecule has 0 radical (unpaired) electrons. The molecule has 1 unspecified atom stereocenters. The van der Waals surface area contributed by atoms with E-state index >= 15 is 0 Å². The molecule has 3 rings (SSSR count). The summed E-state index contributed by atoms with van der Waals surface area (Å²) in [6.45, 7) is 0.0513. The van der Waals surface area contributed by atoms with Crippen LogP contribution in [-0.4, -0.2) is 29.7 Å². The molecule has 124 valence electrons. The molecular formula is C18H17FN2O3. The van der Waals surface area contributed by atoms with Crippen molar-refractivity contribution in [2.45, 2.75) is 6.10 Å².